The third-order valence-electron chi connectivity index (χ3n) is 2.61. The van der Waals surface area contributed by atoms with Crippen molar-refractivity contribution < 1.29 is 23.6 Å². The van der Waals surface area contributed by atoms with Gasteiger partial charge < -0.3 is 4.42 Å². The summed E-state index contributed by atoms with van der Waals surface area (Å²) in [6.45, 7) is -0.231. The maximum absolute atomic E-state index is 11.6. The van der Waals surface area contributed by atoms with Gasteiger partial charge in [0.15, 0.2) is 0 Å². The average Bonchev–Trinajstić information content (AvgIpc) is 2.94. The van der Waals surface area contributed by atoms with Gasteiger partial charge >= 0.3 is 17.8 Å². The van der Waals surface area contributed by atoms with Gasteiger partial charge in [-0.2, -0.15) is 0 Å². The molecule has 0 unspecified atom stereocenters. The van der Waals surface area contributed by atoms with Gasteiger partial charge in [-0.1, -0.05) is 0 Å². The highest BCUT2D eigenvalue weighted by Crippen LogP contribution is 2.16. The highest BCUT2D eigenvalue weighted by atomic mass is 16.3. The highest BCUT2D eigenvalue weighted by Gasteiger charge is 2.42. The maximum atomic E-state index is 11.6. The molecule has 2 rings (SSSR count). The van der Waals surface area contributed by atoms with Crippen LogP contribution in [-0.2, 0) is 16.1 Å². The predicted molar refractivity (Wildman–Crippen MR) is 59.1 cm³/mol. The van der Waals surface area contributed by atoms with E-state index in [1.807, 2.05) is 5.43 Å². The summed E-state index contributed by atoms with van der Waals surface area (Å²) in [6, 6.07) is 0.585. The molecule has 0 aliphatic carbocycles. The first-order valence-corrected chi connectivity index (χ1v) is 5.17. The molecule has 1 aliphatic rings. The molecule has 0 saturated carbocycles. The predicted octanol–water partition coefficient (Wildman–Crippen LogP) is -1.20. The number of urea groups is 1. The Labute approximate surface area is 106 Å². The van der Waals surface area contributed by atoms with E-state index < -0.39 is 23.8 Å². The molecule has 0 radical (unpaired) electrons. The van der Waals surface area contributed by atoms with Crippen LogP contribution in [0.2, 0.25) is 0 Å². The standard InChI is InChI=1S/C10H10N4O5/c1-13-8(16)9(17)14(10(13)18)3-6-2-5(4-19-6)7(15)12-11/h2,4H,3,11H2,1H3,(H,12,15). The molecule has 1 aliphatic heterocycles. The van der Waals surface area contributed by atoms with Crippen molar-refractivity contribution in [3.8, 4) is 0 Å². The van der Waals surface area contributed by atoms with E-state index in [9.17, 15) is 19.2 Å². The summed E-state index contributed by atoms with van der Waals surface area (Å²) in [6.07, 6.45) is 1.13. The fraction of sp³-hybridized carbons (Fsp3) is 0.200. The van der Waals surface area contributed by atoms with Crippen LogP contribution in [-0.4, -0.2) is 40.6 Å². The van der Waals surface area contributed by atoms with E-state index >= 15 is 0 Å². The van der Waals surface area contributed by atoms with E-state index in [1.54, 1.807) is 0 Å². The van der Waals surface area contributed by atoms with Crippen molar-refractivity contribution >= 4 is 23.8 Å². The molecule has 9 nitrogen and oxygen atoms in total. The van der Waals surface area contributed by atoms with Crippen molar-refractivity contribution in [2.45, 2.75) is 6.54 Å². The Balaban J connectivity index is 2.16. The smallest absolute Gasteiger partial charge is 0.334 e. The minimum Gasteiger partial charge on any atom is -0.467 e. The van der Waals surface area contributed by atoms with Crippen molar-refractivity contribution in [1.82, 2.24) is 15.2 Å². The molecular formula is C10H10N4O5. The zero-order valence-corrected chi connectivity index (χ0v) is 9.87. The van der Waals surface area contributed by atoms with Crippen LogP contribution in [0.3, 0.4) is 0 Å². The first kappa shape index (κ1) is 12.8. The first-order valence-electron chi connectivity index (χ1n) is 5.17. The van der Waals surface area contributed by atoms with Crippen molar-refractivity contribution in [3.05, 3.63) is 23.7 Å². The summed E-state index contributed by atoms with van der Waals surface area (Å²) in [5.74, 6) is 2.72. The molecule has 3 N–H and O–H groups in total. The Hall–Kier alpha value is -2.68. The Kier molecular flexibility index (Phi) is 3.05. The Morgan fingerprint density at radius 1 is 1.37 bits per heavy atom. The second kappa shape index (κ2) is 4.53. The molecule has 0 spiro atoms. The lowest BCUT2D eigenvalue weighted by molar-refractivity contribution is -0.143. The molecule has 0 atom stereocenters. The molecule has 1 aromatic rings. The molecule has 1 aromatic heterocycles. The average molecular weight is 266 g/mol. The molecular weight excluding hydrogens is 256 g/mol. The second-order valence-corrected chi connectivity index (χ2v) is 3.81. The molecule has 100 valence electrons. The summed E-state index contributed by atoms with van der Waals surface area (Å²) in [4.78, 5) is 47.0. The number of nitrogens with zero attached hydrogens (tertiary/aromatic N) is 2. The number of nitrogens with one attached hydrogen (secondary N) is 1. The largest absolute Gasteiger partial charge is 0.467 e. The lowest BCUT2D eigenvalue weighted by atomic mass is 10.3. The van der Waals surface area contributed by atoms with Crippen molar-refractivity contribution in [2.24, 2.45) is 5.84 Å². The van der Waals surface area contributed by atoms with Gasteiger partial charge in [-0.15, -0.1) is 0 Å². The van der Waals surface area contributed by atoms with Crippen molar-refractivity contribution in [3.63, 3.8) is 0 Å². The molecule has 5 amide bonds. The van der Waals surface area contributed by atoms with Gasteiger partial charge in [0.2, 0.25) is 0 Å². The van der Waals surface area contributed by atoms with Gasteiger partial charge in [-0.25, -0.2) is 15.5 Å². The van der Waals surface area contributed by atoms with Gasteiger partial charge in [0.05, 0.1) is 12.1 Å². The van der Waals surface area contributed by atoms with E-state index in [1.165, 1.54) is 13.1 Å². The molecule has 2 heterocycles. The lowest BCUT2D eigenvalue weighted by Gasteiger charge is -2.10. The van der Waals surface area contributed by atoms with Gasteiger partial charge in [-0.05, 0) is 6.07 Å². The number of carbonyl (C=O) groups is 4. The van der Waals surface area contributed by atoms with Gasteiger partial charge in [0, 0.05) is 7.05 Å². The van der Waals surface area contributed by atoms with Crippen molar-refractivity contribution in [2.75, 3.05) is 7.05 Å². The number of carbonyl (C=O) groups excluding carboxylic acids is 4. The molecule has 1 saturated heterocycles. The quantitative estimate of drug-likeness (QED) is 0.233. The van der Waals surface area contributed by atoms with Gasteiger partial charge in [0.25, 0.3) is 5.91 Å². The fourth-order valence-electron chi connectivity index (χ4n) is 1.57. The Bertz CT molecular complexity index is 578. The summed E-state index contributed by atoms with van der Waals surface area (Å²) < 4.78 is 5.02. The number of furan rings is 1. The van der Waals surface area contributed by atoms with Crippen LogP contribution in [0.4, 0.5) is 4.79 Å². The van der Waals surface area contributed by atoms with E-state index in [0.717, 1.165) is 11.2 Å². The summed E-state index contributed by atoms with van der Waals surface area (Å²) in [7, 11) is 1.21. The van der Waals surface area contributed by atoms with E-state index in [4.69, 9.17) is 10.3 Å². The number of nitrogens with two attached hydrogens (primary N) is 1. The second-order valence-electron chi connectivity index (χ2n) is 3.81. The van der Waals surface area contributed by atoms with Crippen LogP contribution in [0.25, 0.3) is 0 Å². The zero-order chi connectivity index (χ0) is 14.2. The van der Waals surface area contributed by atoms with Crippen LogP contribution in [0.15, 0.2) is 16.7 Å². The summed E-state index contributed by atoms with van der Waals surface area (Å²) >= 11 is 0. The molecule has 19 heavy (non-hydrogen) atoms. The number of nitrogen functional groups attached to an aromatic ring is 1. The minimum atomic E-state index is -0.936. The topological polar surface area (TPSA) is 126 Å². The number of imide groups is 2. The van der Waals surface area contributed by atoms with E-state index in [2.05, 4.69) is 0 Å². The fourth-order valence-corrected chi connectivity index (χ4v) is 1.57. The third kappa shape index (κ3) is 2.06. The van der Waals surface area contributed by atoms with Crippen LogP contribution in [0.1, 0.15) is 16.1 Å². The van der Waals surface area contributed by atoms with Crippen LogP contribution in [0, 0.1) is 0 Å². The number of rotatable bonds is 3. The SMILES string of the molecule is CN1C(=O)C(=O)N(Cc2cc(C(=O)NN)co2)C1=O. The van der Waals surface area contributed by atoms with Gasteiger partial charge in [-0.3, -0.25) is 24.7 Å². The molecule has 1 fully saturated rings. The normalized spacial score (nSPS) is 15.4. The van der Waals surface area contributed by atoms with E-state index in [0.29, 0.717) is 4.90 Å². The first-order chi connectivity index (χ1) is 8.95. The molecule has 0 bridgehead atoms. The maximum Gasteiger partial charge on any atom is 0.334 e. The van der Waals surface area contributed by atoms with E-state index in [-0.39, 0.29) is 17.9 Å². The molecule has 9 heteroatoms. The van der Waals surface area contributed by atoms with Crippen molar-refractivity contribution in [1.29, 1.82) is 0 Å². The Morgan fingerprint density at radius 3 is 2.58 bits per heavy atom. The number of hydrazine groups is 1. The lowest BCUT2D eigenvalue weighted by Crippen LogP contribution is -2.31. The number of hydrogen-bond acceptors (Lipinski definition) is 6. The number of hydrogen-bond donors (Lipinski definition) is 2. The molecule has 0 aromatic carbocycles. The minimum absolute atomic E-state index is 0.149. The van der Waals surface area contributed by atoms with Crippen LogP contribution >= 0.6 is 0 Å². The number of amides is 5. The summed E-state index contributed by atoms with van der Waals surface area (Å²) in [5.41, 5.74) is 2.06. The van der Waals surface area contributed by atoms with Gasteiger partial charge in [0.1, 0.15) is 12.0 Å². The highest BCUT2D eigenvalue weighted by molar-refractivity contribution is 6.44. The zero-order valence-electron chi connectivity index (χ0n) is 9.87. The Morgan fingerprint density at radius 2 is 2.05 bits per heavy atom. The third-order valence-corrected chi connectivity index (χ3v) is 2.61. The summed E-state index contributed by atoms with van der Waals surface area (Å²) in [5, 5.41) is 0. The van der Waals surface area contributed by atoms with Crippen LogP contribution in [0.5, 0.6) is 0 Å². The van der Waals surface area contributed by atoms with Crippen LogP contribution < -0.4 is 11.3 Å². The number of likely N-dealkylation sites (N-methyl/N-ethyl adjacent to an activating group) is 1. The monoisotopic (exact) mass is 266 g/mol.